The Morgan fingerprint density at radius 1 is 1.12 bits per heavy atom. The summed E-state index contributed by atoms with van der Waals surface area (Å²) in [5, 5.41) is 11.7. The largest absolute Gasteiger partial charge is 0.497 e. The first-order chi connectivity index (χ1) is 15.3. The van der Waals surface area contributed by atoms with Crippen molar-refractivity contribution in [1.29, 1.82) is 0 Å². The number of aromatic nitrogens is 1. The highest BCUT2D eigenvalue weighted by molar-refractivity contribution is 7.92. The fourth-order valence-corrected chi connectivity index (χ4v) is 5.77. The number of hydrogen-bond donors (Lipinski definition) is 0. The highest BCUT2D eigenvalue weighted by Crippen LogP contribution is 2.33. The van der Waals surface area contributed by atoms with Crippen molar-refractivity contribution in [2.24, 2.45) is 0 Å². The van der Waals surface area contributed by atoms with E-state index in [0.717, 1.165) is 20.6 Å². The SMILES string of the molecule is COc1ccc(N(Cc2nc3ccccc3s2)S(=O)(=O)c2ccc(Cl)c([N+](=O)[O-])c2)cc1. The Morgan fingerprint density at radius 2 is 1.84 bits per heavy atom. The van der Waals surface area contributed by atoms with Crippen molar-refractivity contribution < 1.29 is 18.1 Å². The van der Waals surface area contributed by atoms with Gasteiger partial charge in [-0.05, 0) is 48.5 Å². The van der Waals surface area contributed by atoms with Gasteiger partial charge in [-0.3, -0.25) is 14.4 Å². The first-order valence-corrected chi connectivity index (χ1v) is 11.9. The normalized spacial score (nSPS) is 11.4. The molecule has 3 aromatic carbocycles. The summed E-state index contributed by atoms with van der Waals surface area (Å²) in [7, 11) is -2.67. The number of thiazole rings is 1. The average molecular weight is 490 g/mol. The molecule has 0 amide bonds. The number of ether oxygens (including phenoxy) is 1. The number of halogens is 1. The van der Waals surface area contributed by atoms with Crippen LogP contribution in [-0.4, -0.2) is 25.4 Å². The number of hydrogen-bond acceptors (Lipinski definition) is 7. The van der Waals surface area contributed by atoms with Gasteiger partial charge in [-0.2, -0.15) is 0 Å². The molecule has 0 saturated heterocycles. The minimum absolute atomic E-state index is 0.0512. The second-order valence-electron chi connectivity index (χ2n) is 6.66. The molecule has 0 unspecified atom stereocenters. The van der Waals surface area contributed by atoms with Gasteiger partial charge in [-0.15, -0.1) is 11.3 Å². The van der Waals surface area contributed by atoms with E-state index < -0.39 is 20.6 Å². The summed E-state index contributed by atoms with van der Waals surface area (Å²) < 4.78 is 34.5. The molecule has 11 heteroatoms. The smallest absolute Gasteiger partial charge is 0.289 e. The van der Waals surface area contributed by atoms with Crippen molar-refractivity contribution in [1.82, 2.24) is 4.98 Å². The van der Waals surface area contributed by atoms with Crippen LogP contribution < -0.4 is 9.04 Å². The van der Waals surface area contributed by atoms with E-state index in [1.54, 1.807) is 24.3 Å². The number of anilines is 1. The second kappa shape index (κ2) is 8.73. The van der Waals surface area contributed by atoms with Gasteiger partial charge in [-0.1, -0.05) is 23.7 Å². The molecule has 0 aliphatic heterocycles. The van der Waals surface area contributed by atoms with Crippen LogP contribution in [0.2, 0.25) is 5.02 Å². The molecule has 1 aromatic heterocycles. The van der Waals surface area contributed by atoms with Gasteiger partial charge in [0.15, 0.2) is 0 Å². The van der Waals surface area contributed by atoms with E-state index in [9.17, 15) is 18.5 Å². The summed E-state index contributed by atoms with van der Waals surface area (Å²) in [6.45, 7) is -0.0512. The van der Waals surface area contributed by atoms with Crippen molar-refractivity contribution >= 4 is 54.6 Å². The summed E-state index contributed by atoms with van der Waals surface area (Å²) in [6.07, 6.45) is 0. The Labute approximate surface area is 192 Å². The maximum atomic E-state index is 13.6. The minimum Gasteiger partial charge on any atom is -0.497 e. The van der Waals surface area contributed by atoms with Crippen molar-refractivity contribution in [3.63, 3.8) is 0 Å². The number of nitro benzene ring substituents is 1. The number of fused-ring (bicyclic) bond motifs is 1. The van der Waals surface area contributed by atoms with Crippen LogP contribution in [0.15, 0.2) is 71.6 Å². The van der Waals surface area contributed by atoms with E-state index in [2.05, 4.69) is 4.98 Å². The molecular weight excluding hydrogens is 474 g/mol. The predicted molar refractivity (Wildman–Crippen MR) is 124 cm³/mol. The topological polar surface area (TPSA) is 103 Å². The predicted octanol–water partition coefficient (Wildman–Crippen LogP) is 5.26. The molecule has 0 radical (unpaired) electrons. The number of rotatable bonds is 7. The van der Waals surface area contributed by atoms with Gasteiger partial charge in [0.2, 0.25) is 0 Å². The third-order valence-corrected chi connectivity index (χ3v) is 7.79. The second-order valence-corrected chi connectivity index (χ2v) is 10.0. The highest BCUT2D eigenvalue weighted by atomic mass is 35.5. The van der Waals surface area contributed by atoms with Gasteiger partial charge < -0.3 is 4.74 Å². The fraction of sp³-hybridized carbons (Fsp3) is 0.0952. The number of benzene rings is 3. The lowest BCUT2D eigenvalue weighted by Gasteiger charge is -2.24. The van der Waals surface area contributed by atoms with Gasteiger partial charge in [0.1, 0.15) is 15.8 Å². The molecule has 0 atom stereocenters. The average Bonchev–Trinajstić information content (AvgIpc) is 3.20. The van der Waals surface area contributed by atoms with E-state index >= 15 is 0 Å². The van der Waals surface area contributed by atoms with Gasteiger partial charge in [0.25, 0.3) is 15.7 Å². The molecule has 0 aliphatic rings. The van der Waals surface area contributed by atoms with Crippen molar-refractivity contribution in [2.45, 2.75) is 11.4 Å². The zero-order chi connectivity index (χ0) is 22.9. The standard InChI is InChI=1S/C21H16ClN3O5S2/c1-30-15-8-6-14(7-9-15)24(13-21-23-18-4-2-3-5-20(18)31-21)32(28,29)16-10-11-17(22)19(12-16)25(26)27/h2-12H,13H2,1H3. The lowest BCUT2D eigenvalue weighted by atomic mass is 10.3. The van der Waals surface area contributed by atoms with E-state index in [0.29, 0.717) is 16.4 Å². The van der Waals surface area contributed by atoms with Crippen molar-refractivity contribution in [2.75, 3.05) is 11.4 Å². The summed E-state index contributed by atoms with van der Waals surface area (Å²) in [5.41, 5.74) is 0.645. The molecule has 0 bridgehead atoms. The fourth-order valence-electron chi connectivity index (χ4n) is 3.09. The third kappa shape index (κ3) is 4.24. The lowest BCUT2D eigenvalue weighted by Crippen LogP contribution is -2.30. The van der Waals surface area contributed by atoms with Gasteiger partial charge in [0.05, 0.1) is 39.4 Å². The van der Waals surface area contributed by atoms with Gasteiger partial charge >= 0.3 is 0 Å². The summed E-state index contributed by atoms with van der Waals surface area (Å²) in [6, 6.07) is 17.4. The van der Waals surface area contributed by atoms with Crippen LogP contribution in [0.25, 0.3) is 10.2 Å². The molecule has 0 saturated carbocycles. The molecule has 0 fully saturated rings. The van der Waals surface area contributed by atoms with E-state index in [4.69, 9.17) is 16.3 Å². The molecule has 8 nitrogen and oxygen atoms in total. The molecule has 32 heavy (non-hydrogen) atoms. The summed E-state index contributed by atoms with van der Waals surface area (Å²) in [4.78, 5) is 14.9. The van der Waals surface area contributed by atoms with Crippen LogP contribution in [0.1, 0.15) is 5.01 Å². The van der Waals surface area contributed by atoms with E-state index in [-0.39, 0.29) is 16.5 Å². The molecule has 1 heterocycles. The van der Waals surface area contributed by atoms with E-state index in [1.165, 1.54) is 30.6 Å². The first kappa shape index (κ1) is 22.0. The number of methoxy groups -OCH3 is 1. The number of para-hydroxylation sites is 1. The zero-order valence-corrected chi connectivity index (χ0v) is 19.0. The Bertz CT molecular complexity index is 1370. The van der Waals surface area contributed by atoms with Crippen LogP contribution in [0.3, 0.4) is 0 Å². The van der Waals surface area contributed by atoms with Crippen LogP contribution in [0, 0.1) is 10.1 Å². The number of nitrogens with zero attached hydrogens (tertiary/aromatic N) is 3. The maximum absolute atomic E-state index is 13.6. The molecular formula is C21H16ClN3O5S2. The molecule has 0 aliphatic carbocycles. The minimum atomic E-state index is -4.19. The van der Waals surface area contributed by atoms with Crippen molar-refractivity contribution in [3.8, 4) is 5.75 Å². The molecule has 0 spiro atoms. The van der Waals surface area contributed by atoms with Gasteiger partial charge in [-0.25, -0.2) is 13.4 Å². The number of nitro groups is 1. The Balaban J connectivity index is 1.82. The van der Waals surface area contributed by atoms with Crippen molar-refractivity contribution in [3.05, 3.63) is 86.9 Å². The first-order valence-electron chi connectivity index (χ1n) is 9.25. The molecule has 0 N–H and O–H groups in total. The van der Waals surface area contributed by atoms with Gasteiger partial charge in [0, 0.05) is 6.07 Å². The highest BCUT2D eigenvalue weighted by Gasteiger charge is 2.29. The van der Waals surface area contributed by atoms with Crippen LogP contribution in [0.4, 0.5) is 11.4 Å². The monoisotopic (exact) mass is 489 g/mol. The van der Waals surface area contributed by atoms with Crippen LogP contribution in [-0.2, 0) is 16.6 Å². The molecule has 4 aromatic rings. The van der Waals surface area contributed by atoms with Crippen LogP contribution >= 0.6 is 22.9 Å². The Morgan fingerprint density at radius 3 is 2.50 bits per heavy atom. The number of sulfonamides is 1. The van der Waals surface area contributed by atoms with E-state index in [1.807, 2.05) is 24.3 Å². The molecule has 4 rings (SSSR count). The maximum Gasteiger partial charge on any atom is 0.289 e. The summed E-state index contributed by atoms with van der Waals surface area (Å²) in [5.74, 6) is 0.563. The Kier molecular flexibility index (Phi) is 6.00. The van der Waals surface area contributed by atoms with Crippen LogP contribution in [0.5, 0.6) is 5.75 Å². The lowest BCUT2D eigenvalue weighted by molar-refractivity contribution is -0.384. The third-order valence-electron chi connectivity index (χ3n) is 4.68. The molecule has 164 valence electrons. The zero-order valence-electron chi connectivity index (χ0n) is 16.6. The summed E-state index contributed by atoms with van der Waals surface area (Å²) >= 11 is 7.25. The Hall–Kier alpha value is -3.21. The quantitative estimate of drug-likeness (QED) is 0.259.